The quantitative estimate of drug-likeness (QED) is 0.102. The van der Waals surface area contributed by atoms with Gasteiger partial charge >= 0.3 is 6.18 Å². The fourth-order valence-corrected chi connectivity index (χ4v) is 5.81. The fourth-order valence-electron chi connectivity index (χ4n) is 4.49. The van der Waals surface area contributed by atoms with E-state index >= 15 is 0 Å². The second kappa shape index (κ2) is 12.5. The molecule has 1 aromatic rings. The van der Waals surface area contributed by atoms with Gasteiger partial charge in [-0.2, -0.15) is 13.2 Å². The number of hydrogen-bond acceptors (Lipinski definition) is 4. The summed E-state index contributed by atoms with van der Waals surface area (Å²) in [5.74, 6) is 0.310. The molecule has 3 N–H and O–H groups in total. The molecule has 1 aliphatic rings. The Bertz CT molecular complexity index is 925. The summed E-state index contributed by atoms with van der Waals surface area (Å²) >= 11 is 1.41. The van der Waals surface area contributed by atoms with Gasteiger partial charge in [-0.25, -0.2) is 0 Å². The summed E-state index contributed by atoms with van der Waals surface area (Å²) in [4.78, 5) is 10.5. The Morgan fingerprint density at radius 2 is 1.97 bits per heavy atom. The Balaban J connectivity index is 2.20. The molecule has 0 spiro atoms. The minimum absolute atomic E-state index is 0.0904. The largest absolute Gasteiger partial charge is 0.397 e. The van der Waals surface area contributed by atoms with Crippen LogP contribution in [-0.4, -0.2) is 30.7 Å². The maximum atomic E-state index is 13.6. The first-order valence-corrected chi connectivity index (χ1v) is 13.6. The molecule has 8 heteroatoms. The van der Waals surface area contributed by atoms with E-state index in [2.05, 4.69) is 31.1 Å². The molecule has 2 atom stereocenters. The van der Waals surface area contributed by atoms with Crippen molar-refractivity contribution in [3.63, 3.8) is 0 Å². The third kappa shape index (κ3) is 8.02. The molecule has 202 valence electrons. The Hall–Kier alpha value is -1.96. The van der Waals surface area contributed by atoms with Crippen molar-refractivity contribution in [2.75, 3.05) is 13.1 Å². The van der Waals surface area contributed by atoms with E-state index in [9.17, 15) is 18.0 Å². The van der Waals surface area contributed by atoms with Crippen LogP contribution in [0.1, 0.15) is 88.2 Å². The smallest absolute Gasteiger partial charge is 0.383 e. The molecule has 1 aromatic carbocycles. The number of aryl methyl sites for hydroxylation is 1. The van der Waals surface area contributed by atoms with Gasteiger partial charge in [0.2, 0.25) is 6.41 Å². The number of hydrogen-bond donors (Lipinski definition) is 3. The highest BCUT2D eigenvalue weighted by Gasteiger charge is 2.48. The summed E-state index contributed by atoms with van der Waals surface area (Å²) in [5, 5.41) is 15.0. The van der Waals surface area contributed by atoms with Crippen LogP contribution in [-0.2, 0) is 10.2 Å². The van der Waals surface area contributed by atoms with Crippen molar-refractivity contribution in [1.29, 1.82) is 5.41 Å². The van der Waals surface area contributed by atoms with Crippen molar-refractivity contribution in [1.82, 2.24) is 10.6 Å². The lowest BCUT2D eigenvalue weighted by Crippen LogP contribution is -2.37. The van der Waals surface area contributed by atoms with Crippen molar-refractivity contribution >= 4 is 23.2 Å². The van der Waals surface area contributed by atoms with Gasteiger partial charge in [0.25, 0.3) is 0 Å². The molecular weight excluding hydrogens is 483 g/mol. The van der Waals surface area contributed by atoms with E-state index in [1.807, 2.05) is 6.92 Å². The molecule has 36 heavy (non-hydrogen) atoms. The zero-order valence-electron chi connectivity index (χ0n) is 22.3. The van der Waals surface area contributed by atoms with Crippen LogP contribution in [0.2, 0.25) is 0 Å². The van der Waals surface area contributed by atoms with Gasteiger partial charge in [-0.1, -0.05) is 56.8 Å². The van der Waals surface area contributed by atoms with E-state index in [1.54, 1.807) is 18.2 Å². The fraction of sp³-hybridized carbons (Fsp3) is 0.643. The molecule has 1 saturated carbocycles. The number of carbonyl (C=O) groups excluding carboxylic acids is 1. The third-order valence-corrected chi connectivity index (χ3v) is 8.80. The lowest BCUT2D eigenvalue weighted by Gasteiger charge is -2.39. The number of alkyl halides is 3. The molecule has 0 radical (unpaired) electrons. The van der Waals surface area contributed by atoms with Crippen LogP contribution in [0.4, 0.5) is 13.2 Å². The van der Waals surface area contributed by atoms with Crippen LogP contribution < -0.4 is 10.6 Å². The number of rotatable bonds is 14. The normalized spacial score (nSPS) is 17.0. The first-order chi connectivity index (χ1) is 16.7. The van der Waals surface area contributed by atoms with Gasteiger partial charge in [-0.05, 0) is 80.9 Å². The van der Waals surface area contributed by atoms with Crippen LogP contribution in [0.15, 0.2) is 30.5 Å². The van der Waals surface area contributed by atoms with E-state index in [0.717, 1.165) is 36.9 Å². The van der Waals surface area contributed by atoms with Gasteiger partial charge in [0.15, 0.2) is 0 Å². The predicted molar refractivity (Wildman–Crippen MR) is 145 cm³/mol. The minimum atomic E-state index is -4.35. The highest BCUT2D eigenvalue weighted by atomic mass is 32.2. The molecule has 0 saturated heterocycles. The van der Waals surface area contributed by atoms with Crippen LogP contribution in [0, 0.1) is 23.7 Å². The molecule has 2 rings (SSSR count). The maximum Gasteiger partial charge on any atom is 0.397 e. The lowest BCUT2D eigenvalue weighted by molar-refractivity contribution is -0.180. The summed E-state index contributed by atoms with van der Waals surface area (Å²) in [6.45, 7) is 14.1. The minimum Gasteiger partial charge on any atom is -0.383 e. The van der Waals surface area contributed by atoms with Crippen LogP contribution in [0.25, 0.3) is 0 Å². The Morgan fingerprint density at radius 3 is 2.50 bits per heavy atom. The molecule has 1 fully saturated rings. The molecule has 0 aromatic heterocycles. The summed E-state index contributed by atoms with van der Waals surface area (Å²) in [6, 6.07) is 5.02. The molecule has 0 bridgehead atoms. The standard InChI is InChI=1S/C28H42F3N3OS/c1-19(9-7-14-33-18-35)15-24(36-25(32)21(3)34-17-27(6)12-8-13-27)23-11-10-22(16-20(23)2)26(4,5)28(29,30)31/h10-11,16,18-19,24,32,34H,3,7-9,12-15,17H2,1-2,4-6H3,(H,33,35). The average molecular weight is 526 g/mol. The highest BCUT2D eigenvalue weighted by Crippen LogP contribution is 2.44. The van der Waals surface area contributed by atoms with Gasteiger partial charge in [-0.3, -0.25) is 10.2 Å². The number of nitrogens with one attached hydrogen (secondary N) is 3. The zero-order chi connectivity index (χ0) is 27.1. The summed E-state index contributed by atoms with van der Waals surface area (Å²) in [6.07, 6.45) is 2.45. The van der Waals surface area contributed by atoms with E-state index in [4.69, 9.17) is 5.41 Å². The number of amides is 1. The Morgan fingerprint density at radius 1 is 1.31 bits per heavy atom. The average Bonchev–Trinajstić information content (AvgIpc) is 2.77. The molecule has 1 amide bonds. The van der Waals surface area contributed by atoms with Gasteiger partial charge < -0.3 is 10.6 Å². The van der Waals surface area contributed by atoms with Crippen LogP contribution in [0.3, 0.4) is 0 Å². The van der Waals surface area contributed by atoms with E-state index in [0.29, 0.717) is 29.6 Å². The van der Waals surface area contributed by atoms with Crippen molar-refractivity contribution < 1.29 is 18.0 Å². The number of benzene rings is 1. The van der Waals surface area contributed by atoms with Crippen molar-refractivity contribution in [3.8, 4) is 0 Å². The highest BCUT2D eigenvalue weighted by molar-refractivity contribution is 8.14. The van der Waals surface area contributed by atoms with Crippen LogP contribution in [0.5, 0.6) is 0 Å². The van der Waals surface area contributed by atoms with Gasteiger partial charge in [0.1, 0.15) is 5.04 Å². The van der Waals surface area contributed by atoms with Crippen molar-refractivity contribution in [3.05, 3.63) is 47.2 Å². The second-order valence-electron chi connectivity index (χ2n) is 11.2. The molecular formula is C28H42F3N3OS. The molecule has 4 nitrogen and oxygen atoms in total. The molecule has 0 heterocycles. The van der Waals surface area contributed by atoms with Gasteiger partial charge in [-0.15, -0.1) is 0 Å². The monoisotopic (exact) mass is 525 g/mol. The summed E-state index contributed by atoms with van der Waals surface area (Å²) in [7, 11) is 0. The summed E-state index contributed by atoms with van der Waals surface area (Å²) in [5.41, 5.74) is 0.889. The number of thioether (sulfide) groups is 1. The first-order valence-electron chi connectivity index (χ1n) is 12.7. The second-order valence-corrected chi connectivity index (χ2v) is 12.4. The van der Waals surface area contributed by atoms with Gasteiger partial charge in [0.05, 0.1) is 11.1 Å². The Kier molecular flexibility index (Phi) is 10.5. The maximum absolute atomic E-state index is 13.6. The SMILES string of the molecule is C=C(NCC1(C)CCC1)C(=N)SC(CC(C)CCCNC=O)c1ccc(C(C)(C)C(F)(F)F)cc1C. The number of carbonyl (C=O) groups is 1. The lowest BCUT2D eigenvalue weighted by atomic mass is 9.70. The number of halogens is 3. The summed E-state index contributed by atoms with van der Waals surface area (Å²) < 4.78 is 40.9. The molecule has 2 unspecified atom stereocenters. The first kappa shape index (κ1) is 30.3. The van der Waals surface area contributed by atoms with E-state index < -0.39 is 11.6 Å². The topological polar surface area (TPSA) is 65.0 Å². The van der Waals surface area contributed by atoms with E-state index in [-0.39, 0.29) is 16.2 Å². The predicted octanol–water partition coefficient (Wildman–Crippen LogP) is 7.43. The van der Waals surface area contributed by atoms with Crippen molar-refractivity contribution in [2.24, 2.45) is 11.3 Å². The van der Waals surface area contributed by atoms with Crippen molar-refractivity contribution in [2.45, 2.75) is 90.0 Å². The Labute approximate surface area is 218 Å². The third-order valence-electron chi connectivity index (χ3n) is 7.59. The molecule has 0 aliphatic heterocycles. The zero-order valence-corrected chi connectivity index (χ0v) is 23.1. The van der Waals surface area contributed by atoms with E-state index in [1.165, 1.54) is 44.9 Å². The van der Waals surface area contributed by atoms with Crippen LogP contribution >= 0.6 is 11.8 Å². The molecule has 1 aliphatic carbocycles. The van der Waals surface area contributed by atoms with Gasteiger partial charge in [0, 0.05) is 18.3 Å².